The Bertz CT molecular complexity index is 660. The zero-order chi connectivity index (χ0) is 15.4. The van der Waals surface area contributed by atoms with Crippen molar-refractivity contribution < 1.29 is 23.6 Å². The van der Waals surface area contributed by atoms with E-state index in [2.05, 4.69) is 24.9 Å². The van der Waals surface area contributed by atoms with Crippen molar-refractivity contribution in [2.45, 2.75) is 19.9 Å². The molecule has 0 N–H and O–H groups in total. The molecule has 21 heavy (non-hydrogen) atoms. The molecule has 0 spiro atoms. The Balaban J connectivity index is 2.33. The minimum absolute atomic E-state index is 0.0249. The van der Waals surface area contributed by atoms with E-state index in [1.54, 1.807) is 13.0 Å². The summed E-state index contributed by atoms with van der Waals surface area (Å²) in [5, 5.41) is 11.4. The first-order valence-corrected chi connectivity index (χ1v) is 6.04. The van der Waals surface area contributed by atoms with Crippen molar-refractivity contribution in [3.05, 3.63) is 28.9 Å². The molecule has 0 fully saturated rings. The summed E-state index contributed by atoms with van der Waals surface area (Å²) in [4.78, 5) is 23.1. The lowest BCUT2D eigenvalue weighted by molar-refractivity contribution is -0.139. The number of hydrogen-bond donors (Lipinski definition) is 0. The van der Waals surface area contributed by atoms with Crippen LogP contribution in [0.4, 0.5) is 0 Å². The van der Waals surface area contributed by atoms with Gasteiger partial charge in [0, 0.05) is 6.07 Å². The van der Waals surface area contributed by atoms with Gasteiger partial charge in [0.1, 0.15) is 11.5 Å². The number of aromatic nitrogens is 4. The molecule has 0 aliphatic rings. The largest absolute Gasteiger partial charge is 0.469 e. The summed E-state index contributed by atoms with van der Waals surface area (Å²) >= 11 is 0. The molecule has 0 unspecified atom stereocenters. The van der Waals surface area contributed by atoms with E-state index in [0.29, 0.717) is 17.1 Å². The summed E-state index contributed by atoms with van der Waals surface area (Å²) in [6.45, 7) is 1.97. The number of rotatable bonds is 5. The molecule has 2 heterocycles. The normalized spacial score (nSPS) is 10.4. The third kappa shape index (κ3) is 3.25. The Hall–Kier alpha value is -2.71. The molecule has 0 aromatic carbocycles. The summed E-state index contributed by atoms with van der Waals surface area (Å²) in [5.74, 6) is -0.538. The highest BCUT2D eigenvalue weighted by Crippen LogP contribution is 2.12. The molecule has 0 amide bonds. The van der Waals surface area contributed by atoms with Gasteiger partial charge in [-0.15, -0.1) is 5.10 Å². The topological polar surface area (TPSA) is 109 Å². The van der Waals surface area contributed by atoms with E-state index < -0.39 is 11.9 Å². The van der Waals surface area contributed by atoms with Crippen LogP contribution in [0, 0.1) is 6.92 Å². The third-order valence-corrected chi connectivity index (χ3v) is 2.74. The molecule has 9 heteroatoms. The number of nitrogens with zero attached hydrogens (tertiary/aromatic N) is 4. The molecule has 0 bridgehead atoms. The van der Waals surface area contributed by atoms with Gasteiger partial charge in [0.2, 0.25) is 0 Å². The molecule has 2 aromatic rings. The maximum Gasteiger partial charge on any atom is 0.360 e. The van der Waals surface area contributed by atoms with E-state index in [0.717, 1.165) is 0 Å². The SMILES string of the molecule is COC(=O)Cc1c(C(=O)OC)nnn1Cc1cc(C)on1. The number of ether oxygens (including phenoxy) is 2. The van der Waals surface area contributed by atoms with Crippen molar-refractivity contribution in [3.63, 3.8) is 0 Å². The van der Waals surface area contributed by atoms with E-state index in [4.69, 9.17) is 4.52 Å². The first-order valence-electron chi connectivity index (χ1n) is 6.04. The smallest absolute Gasteiger partial charge is 0.360 e. The van der Waals surface area contributed by atoms with Crippen molar-refractivity contribution in [2.24, 2.45) is 0 Å². The molecule has 112 valence electrons. The highest BCUT2D eigenvalue weighted by atomic mass is 16.5. The van der Waals surface area contributed by atoms with Crippen molar-refractivity contribution in [2.75, 3.05) is 14.2 Å². The Kier molecular flexibility index (Phi) is 4.31. The Labute approximate surface area is 119 Å². The van der Waals surface area contributed by atoms with E-state index >= 15 is 0 Å². The molecule has 0 aliphatic carbocycles. The fraction of sp³-hybridized carbons (Fsp3) is 0.417. The number of carbonyl (C=O) groups is 2. The van der Waals surface area contributed by atoms with Crippen molar-refractivity contribution in [3.8, 4) is 0 Å². The summed E-state index contributed by atoms with van der Waals surface area (Å²) < 4.78 is 15.6. The first-order chi connectivity index (χ1) is 10.0. The van der Waals surface area contributed by atoms with Crippen LogP contribution in [0.1, 0.15) is 27.6 Å². The fourth-order valence-corrected chi connectivity index (χ4v) is 1.74. The summed E-state index contributed by atoms with van der Waals surface area (Å²) in [7, 11) is 2.49. The van der Waals surface area contributed by atoms with E-state index in [1.807, 2.05) is 0 Å². The highest BCUT2D eigenvalue weighted by molar-refractivity contribution is 5.89. The van der Waals surface area contributed by atoms with Gasteiger partial charge < -0.3 is 14.0 Å². The second-order valence-corrected chi connectivity index (χ2v) is 4.22. The molecule has 2 rings (SSSR count). The summed E-state index contributed by atoms with van der Waals surface area (Å²) in [6, 6.07) is 1.72. The van der Waals surface area contributed by atoms with Crippen molar-refractivity contribution >= 4 is 11.9 Å². The Morgan fingerprint density at radius 2 is 2.10 bits per heavy atom. The van der Waals surface area contributed by atoms with Gasteiger partial charge in [0.25, 0.3) is 0 Å². The van der Waals surface area contributed by atoms with Crippen LogP contribution in [0.2, 0.25) is 0 Å². The molecular formula is C12H14N4O5. The van der Waals surface area contributed by atoms with Crippen LogP contribution in [0.15, 0.2) is 10.6 Å². The van der Waals surface area contributed by atoms with Crippen LogP contribution in [0.3, 0.4) is 0 Å². The third-order valence-electron chi connectivity index (χ3n) is 2.74. The molecule has 0 atom stereocenters. The number of methoxy groups -OCH3 is 2. The summed E-state index contributed by atoms with van der Waals surface area (Å²) in [5.41, 5.74) is 0.873. The Morgan fingerprint density at radius 3 is 2.67 bits per heavy atom. The Morgan fingerprint density at radius 1 is 1.33 bits per heavy atom. The van der Waals surface area contributed by atoms with Gasteiger partial charge in [-0.1, -0.05) is 10.4 Å². The van der Waals surface area contributed by atoms with Gasteiger partial charge in [-0.05, 0) is 6.92 Å². The zero-order valence-electron chi connectivity index (χ0n) is 11.8. The van der Waals surface area contributed by atoms with Gasteiger partial charge in [-0.25, -0.2) is 9.48 Å². The van der Waals surface area contributed by atoms with Gasteiger partial charge >= 0.3 is 11.9 Å². The number of hydrogen-bond acceptors (Lipinski definition) is 8. The van der Waals surface area contributed by atoms with Crippen LogP contribution < -0.4 is 0 Å². The lowest BCUT2D eigenvalue weighted by Gasteiger charge is -2.05. The number of carbonyl (C=O) groups excluding carboxylic acids is 2. The van der Waals surface area contributed by atoms with Gasteiger partial charge in [0.05, 0.1) is 32.9 Å². The number of aryl methyl sites for hydroxylation is 1. The number of esters is 2. The lowest BCUT2D eigenvalue weighted by atomic mass is 10.2. The molecule has 9 nitrogen and oxygen atoms in total. The maximum atomic E-state index is 11.6. The minimum atomic E-state index is -0.670. The molecule has 2 aromatic heterocycles. The average molecular weight is 294 g/mol. The van der Waals surface area contributed by atoms with E-state index in [1.165, 1.54) is 18.9 Å². The predicted octanol–water partition coefficient (Wildman–Crippen LogP) is 0.125. The van der Waals surface area contributed by atoms with Gasteiger partial charge in [-0.2, -0.15) is 0 Å². The van der Waals surface area contributed by atoms with Crippen molar-refractivity contribution in [1.29, 1.82) is 0 Å². The van der Waals surface area contributed by atoms with Crippen LogP contribution in [0.25, 0.3) is 0 Å². The maximum absolute atomic E-state index is 11.6. The molecule has 0 aliphatic heterocycles. The quantitative estimate of drug-likeness (QED) is 0.715. The fourth-order valence-electron chi connectivity index (χ4n) is 1.74. The zero-order valence-corrected chi connectivity index (χ0v) is 11.8. The predicted molar refractivity (Wildman–Crippen MR) is 67.4 cm³/mol. The highest BCUT2D eigenvalue weighted by Gasteiger charge is 2.23. The molecular weight excluding hydrogens is 280 g/mol. The second-order valence-electron chi connectivity index (χ2n) is 4.22. The van der Waals surface area contributed by atoms with Crippen molar-refractivity contribution in [1.82, 2.24) is 20.2 Å². The lowest BCUT2D eigenvalue weighted by Crippen LogP contribution is -2.15. The van der Waals surface area contributed by atoms with Crippen LogP contribution >= 0.6 is 0 Å². The molecule has 0 radical (unpaired) electrons. The minimum Gasteiger partial charge on any atom is -0.469 e. The van der Waals surface area contributed by atoms with E-state index in [-0.39, 0.29) is 18.7 Å². The standard InChI is InChI=1S/C12H14N4O5/c1-7-4-8(14-21-7)6-16-9(5-10(17)19-2)11(13-15-16)12(18)20-3/h4H,5-6H2,1-3H3. The summed E-state index contributed by atoms with van der Waals surface area (Å²) in [6.07, 6.45) is -0.148. The monoisotopic (exact) mass is 294 g/mol. The first kappa shape index (κ1) is 14.7. The van der Waals surface area contributed by atoms with E-state index in [9.17, 15) is 9.59 Å². The van der Waals surface area contributed by atoms with Gasteiger partial charge in [0.15, 0.2) is 5.69 Å². The average Bonchev–Trinajstić information content (AvgIpc) is 3.05. The second kappa shape index (κ2) is 6.16. The van der Waals surface area contributed by atoms with Crippen LogP contribution in [0.5, 0.6) is 0 Å². The van der Waals surface area contributed by atoms with Gasteiger partial charge in [-0.3, -0.25) is 4.79 Å². The van der Waals surface area contributed by atoms with Crippen LogP contribution in [-0.4, -0.2) is 46.3 Å². The molecule has 0 saturated heterocycles. The molecule has 0 saturated carbocycles. The van der Waals surface area contributed by atoms with Crippen LogP contribution in [-0.2, 0) is 27.2 Å².